The fourth-order valence-electron chi connectivity index (χ4n) is 0.478. The number of rotatable bonds is 0. The molecule has 0 amide bonds. The SMILES string of the molecule is [CH2-]c1ccccc1.[Na+].[Na+]. The largest absolute Gasteiger partial charge is 1.00 e. The fraction of sp³-hybridized carbons (Fsp3) is 0. The molecule has 0 aromatic heterocycles. The summed E-state index contributed by atoms with van der Waals surface area (Å²) in [5.41, 5.74) is 1.07. The molecule has 1 rings (SSSR count). The fourth-order valence-corrected chi connectivity index (χ4v) is 0.478. The van der Waals surface area contributed by atoms with E-state index in [9.17, 15) is 0 Å². The van der Waals surface area contributed by atoms with Gasteiger partial charge in [0.1, 0.15) is 0 Å². The zero-order valence-electron chi connectivity index (χ0n) is 6.09. The summed E-state index contributed by atoms with van der Waals surface area (Å²) in [7, 11) is 0. The Morgan fingerprint density at radius 2 is 1.33 bits per heavy atom. The van der Waals surface area contributed by atoms with Crippen LogP contribution in [0.4, 0.5) is 0 Å². The molecular formula is C7H7Na2+. The van der Waals surface area contributed by atoms with Crippen LogP contribution in [0, 0.1) is 6.92 Å². The normalized spacial score (nSPS) is 6.67. The molecule has 0 unspecified atom stereocenters. The maximum absolute atomic E-state index is 3.72. The molecule has 2 heteroatoms. The van der Waals surface area contributed by atoms with Crippen LogP contribution in [0.2, 0.25) is 0 Å². The van der Waals surface area contributed by atoms with Crippen molar-refractivity contribution in [1.29, 1.82) is 0 Å². The third kappa shape index (κ3) is 5.53. The maximum Gasteiger partial charge on any atom is 1.00 e. The minimum atomic E-state index is 0. The Morgan fingerprint density at radius 1 is 0.889 bits per heavy atom. The van der Waals surface area contributed by atoms with Crippen molar-refractivity contribution in [1.82, 2.24) is 0 Å². The third-order valence-corrected chi connectivity index (χ3v) is 0.843. The molecule has 0 N–H and O–H groups in total. The van der Waals surface area contributed by atoms with Crippen LogP contribution >= 0.6 is 0 Å². The molecule has 1 aromatic carbocycles. The standard InChI is InChI=1S/C7H7.2Na/c1-7-5-3-2-4-6-7;;/h2-6H,1H2;;/q-1;2*+1. The molecule has 0 bridgehead atoms. The third-order valence-electron chi connectivity index (χ3n) is 0.843. The molecule has 0 heterocycles. The molecule has 0 aliphatic heterocycles. The second-order valence-electron chi connectivity index (χ2n) is 1.49. The van der Waals surface area contributed by atoms with Crippen molar-refractivity contribution >= 4 is 0 Å². The number of benzene rings is 1. The Balaban J connectivity index is 0. The van der Waals surface area contributed by atoms with Gasteiger partial charge in [0.2, 0.25) is 0 Å². The molecule has 0 radical (unpaired) electrons. The zero-order valence-corrected chi connectivity index (χ0v) is 10.1. The quantitative estimate of drug-likeness (QED) is 0.252. The zero-order chi connectivity index (χ0) is 5.11. The van der Waals surface area contributed by atoms with Crippen molar-refractivity contribution in [3.05, 3.63) is 42.8 Å². The van der Waals surface area contributed by atoms with Crippen LogP contribution in [0.25, 0.3) is 0 Å². The van der Waals surface area contributed by atoms with Crippen LogP contribution in [0.15, 0.2) is 30.3 Å². The van der Waals surface area contributed by atoms with E-state index in [1.165, 1.54) is 0 Å². The first-order chi connectivity index (χ1) is 3.39. The molecule has 0 saturated heterocycles. The van der Waals surface area contributed by atoms with Gasteiger partial charge in [-0.15, -0.1) is 12.1 Å². The Hall–Kier alpha value is 1.09. The molecule has 9 heavy (non-hydrogen) atoms. The van der Waals surface area contributed by atoms with Gasteiger partial charge in [0.25, 0.3) is 0 Å². The molecule has 1 aromatic rings. The Bertz CT molecular complexity index is 137. The van der Waals surface area contributed by atoms with Gasteiger partial charge < -0.3 is 0 Å². The Morgan fingerprint density at radius 3 is 1.56 bits per heavy atom. The van der Waals surface area contributed by atoms with Crippen LogP contribution in [0.3, 0.4) is 0 Å². The molecule has 0 saturated carbocycles. The van der Waals surface area contributed by atoms with E-state index in [0.29, 0.717) is 0 Å². The average molecular weight is 137 g/mol. The van der Waals surface area contributed by atoms with Gasteiger partial charge in [0, 0.05) is 0 Å². The first-order valence-corrected chi connectivity index (χ1v) is 2.26. The van der Waals surface area contributed by atoms with Crippen LogP contribution in [0.1, 0.15) is 5.56 Å². The summed E-state index contributed by atoms with van der Waals surface area (Å²) < 4.78 is 0. The monoisotopic (exact) mass is 137 g/mol. The number of hydrogen-bond acceptors (Lipinski definition) is 0. The van der Waals surface area contributed by atoms with Gasteiger partial charge >= 0.3 is 59.1 Å². The minimum absolute atomic E-state index is 0. The van der Waals surface area contributed by atoms with Crippen molar-refractivity contribution in [2.75, 3.05) is 0 Å². The summed E-state index contributed by atoms with van der Waals surface area (Å²) in [5, 5.41) is 0. The molecular weight excluding hydrogens is 130 g/mol. The molecule has 0 fully saturated rings. The topological polar surface area (TPSA) is 0 Å². The van der Waals surface area contributed by atoms with Crippen molar-refractivity contribution in [3.8, 4) is 0 Å². The first kappa shape index (κ1) is 12.7. The van der Waals surface area contributed by atoms with Gasteiger partial charge in [0.15, 0.2) is 0 Å². The number of hydrogen-bond donors (Lipinski definition) is 0. The average Bonchev–Trinajstić information content (AvgIpc) is 1.69. The van der Waals surface area contributed by atoms with Gasteiger partial charge in [-0.1, -0.05) is 6.07 Å². The van der Waals surface area contributed by atoms with E-state index >= 15 is 0 Å². The Kier molecular flexibility index (Phi) is 10.2. The van der Waals surface area contributed by atoms with E-state index < -0.39 is 0 Å². The van der Waals surface area contributed by atoms with Gasteiger partial charge in [0.05, 0.1) is 0 Å². The minimum Gasteiger partial charge on any atom is -0.199 e. The van der Waals surface area contributed by atoms with Crippen LogP contribution in [-0.2, 0) is 0 Å². The van der Waals surface area contributed by atoms with Crippen molar-refractivity contribution in [2.24, 2.45) is 0 Å². The Labute approximate surface area is 101 Å². The predicted octanol–water partition coefficient (Wildman–Crippen LogP) is -4.12. The van der Waals surface area contributed by atoms with E-state index in [2.05, 4.69) is 6.92 Å². The second-order valence-corrected chi connectivity index (χ2v) is 1.49. The molecule has 0 aliphatic rings. The summed E-state index contributed by atoms with van der Waals surface area (Å²) in [4.78, 5) is 0. The van der Waals surface area contributed by atoms with Crippen LogP contribution in [0.5, 0.6) is 0 Å². The molecule has 0 spiro atoms. The summed E-state index contributed by atoms with van der Waals surface area (Å²) in [6, 6.07) is 9.87. The van der Waals surface area contributed by atoms with Crippen molar-refractivity contribution < 1.29 is 59.1 Å². The predicted molar refractivity (Wildman–Crippen MR) is 30.9 cm³/mol. The van der Waals surface area contributed by atoms with E-state index in [4.69, 9.17) is 0 Å². The van der Waals surface area contributed by atoms with Gasteiger partial charge in [-0.3, -0.25) is 0 Å². The second kappa shape index (κ2) is 7.20. The van der Waals surface area contributed by atoms with Crippen molar-refractivity contribution in [2.45, 2.75) is 0 Å². The smallest absolute Gasteiger partial charge is 0.199 e. The maximum atomic E-state index is 3.72. The van der Waals surface area contributed by atoms with E-state index in [1.807, 2.05) is 30.3 Å². The summed E-state index contributed by atoms with van der Waals surface area (Å²) in [6.45, 7) is 3.72. The molecule has 0 nitrogen and oxygen atoms in total. The summed E-state index contributed by atoms with van der Waals surface area (Å²) in [5.74, 6) is 0. The summed E-state index contributed by atoms with van der Waals surface area (Å²) >= 11 is 0. The van der Waals surface area contributed by atoms with Crippen LogP contribution in [-0.4, -0.2) is 0 Å². The van der Waals surface area contributed by atoms with E-state index in [1.54, 1.807) is 0 Å². The molecule has 0 aliphatic carbocycles. The summed E-state index contributed by atoms with van der Waals surface area (Å²) in [6.07, 6.45) is 0. The molecule has 36 valence electrons. The molecule has 0 atom stereocenters. The first-order valence-electron chi connectivity index (χ1n) is 2.26. The van der Waals surface area contributed by atoms with E-state index in [0.717, 1.165) is 5.56 Å². The van der Waals surface area contributed by atoms with Crippen molar-refractivity contribution in [3.63, 3.8) is 0 Å². The van der Waals surface area contributed by atoms with Crippen LogP contribution < -0.4 is 59.1 Å². The van der Waals surface area contributed by atoms with E-state index in [-0.39, 0.29) is 59.1 Å². The van der Waals surface area contributed by atoms with Gasteiger partial charge in [-0.05, 0) is 0 Å². The van der Waals surface area contributed by atoms with Gasteiger partial charge in [-0.2, -0.15) is 24.6 Å². The van der Waals surface area contributed by atoms with Gasteiger partial charge in [-0.25, -0.2) is 0 Å².